The van der Waals surface area contributed by atoms with E-state index in [0.717, 1.165) is 16.0 Å². The van der Waals surface area contributed by atoms with Crippen LogP contribution < -0.4 is 21.5 Å². The molecule has 2 aromatic carbocycles. The summed E-state index contributed by atoms with van der Waals surface area (Å²) < 4.78 is 22.1. The number of fused-ring (bicyclic) bond motifs is 5. The van der Waals surface area contributed by atoms with Gasteiger partial charge in [0.15, 0.2) is 17.2 Å². The fourth-order valence-corrected chi connectivity index (χ4v) is 10.4. The lowest BCUT2D eigenvalue weighted by molar-refractivity contribution is -0.172. The minimum atomic E-state index is -2.04. The number of aliphatic hydroxyl groups is 1. The predicted octanol–water partition coefficient (Wildman–Crippen LogP) is 4.26. The van der Waals surface area contributed by atoms with E-state index in [0.29, 0.717) is 71.1 Å². The van der Waals surface area contributed by atoms with Crippen LogP contribution in [-0.4, -0.2) is 92.0 Å². The molecule has 1 aliphatic carbocycles. The summed E-state index contributed by atoms with van der Waals surface area (Å²) in [4.78, 5) is 134. The number of halogens is 1. The summed E-state index contributed by atoms with van der Waals surface area (Å²) in [6, 6.07) is 11.4. The Labute approximate surface area is 425 Å². The first-order chi connectivity index (χ1) is 35.5. The molecule has 0 spiro atoms. The molecule has 0 saturated carbocycles. The zero-order valence-electron chi connectivity index (χ0n) is 41.4. The number of imide groups is 1. The van der Waals surface area contributed by atoms with Crippen LogP contribution in [0.15, 0.2) is 59.4 Å². The number of aromatic nitrogens is 2. The molecule has 3 atom stereocenters. The number of amides is 5. The van der Waals surface area contributed by atoms with Crippen molar-refractivity contribution in [3.05, 3.63) is 110 Å². The quantitative estimate of drug-likeness (QED) is 0.0384. The molecule has 4 N–H and O–H groups in total. The summed E-state index contributed by atoms with van der Waals surface area (Å²) in [5, 5.41) is 20.4. The third kappa shape index (κ3) is 11.3. The summed E-state index contributed by atoms with van der Waals surface area (Å²) in [6.07, 6.45) is 5.13. The first-order valence-electron chi connectivity index (χ1n) is 25.2. The minimum Gasteiger partial charge on any atom is -0.458 e. The fraction of sp³-hybridized carbons (Fsp3) is 0.436. The van der Waals surface area contributed by atoms with Gasteiger partial charge in [-0.05, 0) is 80.2 Å². The number of cyclic esters (lactones) is 1. The predicted molar refractivity (Wildman–Crippen MR) is 265 cm³/mol. The highest BCUT2D eigenvalue weighted by molar-refractivity contribution is 6.12. The standard InChI is InChI=1S/C55H59FN6O12/c1-3-55(73)40-25-44-51-38(29-62(44)53(71)39(40)30-74-54(55)72)50-42(18-17-37-31(2)41(56)26-43(60-51)49(37)50)59-46(67)15-10-14-35(64)27-58-52(70)33(23-32-11-6-4-7-12-32)24-36(65)28-57-45(66)19-16-34(63)13-8-5-9-22-61-47(68)20-21-48(61)69/h4,6-7,11-12,20-21,25-26,33,42,73H,3,5,8-10,13-19,22-24,27-30H2,1-2H3,(H,57,66)(H,58,70)(H,59,67)/t33-,42+,55+/m1/s1. The number of ether oxygens (including phenoxy) is 1. The molecular formula is C55H59FN6O12. The smallest absolute Gasteiger partial charge is 0.343 e. The minimum absolute atomic E-state index is 0.0169. The Morgan fingerprint density at radius 2 is 1.57 bits per heavy atom. The number of ketones is 3. The number of hydrogen-bond acceptors (Lipinski definition) is 13. The molecule has 5 heterocycles. The molecule has 18 nitrogen and oxygen atoms in total. The van der Waals surface area contributed by atoms with Crippen molar-refractivity contribution >= 4 is 63.8 Å². The van der Waals surface area contributed by atoms with Gasteiger partial charge in [-0.25, -0.2) is 14.2 Å². The fourth-order valence-electron chi connectivity index (χ4n) is 10.4. The monoisotopic (exact) mass is 1010 g/mol. The molecule has 74 heavy (non-hydrogen) atoms. The number of unbranched alkanes of at least 4 members (excludes halogenated alkanes) is 2. The molecule has 3 aliphatic heterocycles. The van der Waals surface area contributed by atoms with Crippen molar-refractivity contribution in [3.63, 3.8) is 0 Å². The number of carbonyl (C=O) groups excluding carboxylic acids is 9. The van der Waals surface area contributed by atoms with Gasteiger partial charge in [-0.2, -0.15) is 0 Å². The van der Waals surface area contributed by atoms with Gasteiger partial charge in [0.2, 0.25) is 17.7 Å². The maximum absolute atomic E-state index is 15.4. The van der Waals surface area contributed by atoms with E-state index < -0.39 is 52.5 Å². The molecule has 19 heteroatoms. The number of rotatable bonds is 24. The van der Waals surface area contributed by atoms with E-state index in [4.69, 9.17) is 9.72 Å². The number of Topliss-reactive ketones (excluding diaryl/α,β-unsaturated/α-hetero) is 3. The average molecular weight is 1020 g/mol. The number of benzene rings is 2. The molecule has 0 bridgehead atoms. The van der Waals surface area contributed by atoms with E-state index in [-0.39, 0.29) is 131 Å². The van der Waals surface area contributed by atoms with Crippen molar-refractivity contribution in [1.82, 2.24) is 30.4 Å². The SMILES string of the molecule is CC[C@@]1(O)C(=O)OCc2c1cc1n(c2=O)Cc2c-1nc1cc(F)c(C)c3c1c2[C@@H](NC(=O)CCCC(=O)CNC(=O)[C@@H](CC(=O)CNC(=O)CCC(=O)CCCCCN1C(=O)C=CC1=O)Cc1ccccc1)CC3. The third-order valence-corrected chi connectivity index (χ3v) is 14.6. The van der Waals surface area contributed by atoms with Crippen molar-refractivity contribution in [1.29, 1.82) is 0 Å². The number of nitrogens with zero attached hydrogens (tertiary/aromatic N) is 3. The maximum Gasteiger partial charge on any atom is 0.343 e. The summed E-state index contributed by atoms with van der Waals surface area (Å²) in [6.45, 7) is 2.66. The van der Waals surface area contributed by atoms with E-state index in [2.05, 4.69) is 16.0 Å². The second-order valence-electron chi connectivity index (χ2n) is 19.5. The lowest BCUT2D eigenvalue weighted by Gasteiger charge is -2.31. The first kappa shape index (κ1) is 52.8. The maximum atomic E-state index is 15.4. The highest BCUT2D eigenvalue weighted by Crippen LogP contribution is 2.46. The van der Waals surface area contributed by atoms with Gasteiger partial charge in [0.25, 0.3) is 17.4 Å². The molecular weight excluding hydrogens is 956 g/mol. The van der Waals surface area contributed by atoms with Crippen molar-refractivity contribution < 1.29 is 57.4 Å². The normalized spacial score (nSPS) is 17.6. The number of carbonyl (C=O) groups is 9. The van der Waals surface area contributed by atoms with Crippen LogP contribution in [-0.2, 0) is 79.5 Å². The van der Waals surface area contributed by atoms with E-state index in [1.54, 1.807) is 32.0 Å². The van der Waals surface area contributed by atoms with Crippen molar-refractivity contribution in [2.45, 2.75) is 129 Å². The van der Waals surface area contributed by atoms with Gasteiger partial charge >= 0.3 is 5.97 Å². The molecule has 8 rings (SSSR count). The van der Waals surface area contributed by atoms with Crippen molar-refractivity contribution in [2.24, 2.45) is 5.92 Å². The van der Waals surface area contributed by atoms with Crippen LogP contribution in [0.4, 0.5) is 4.39 Å². The number of pyridine rings is 2. The van der Waals surface area contributed by atoms with Crippen LogP contribution in [0, 0.1) is 18.7 Å². The lowest BCUT2D eigenvalue weighted by atomic mass is 9.81. The largest absolute Gasteiger partial charge is 0.458 e. The summed E-state index contributed by atoms with van der Waals surface area (Å²) >= 11 is 0. The van der Waals surface area contributed by atoms with Gasteiger partial charge in [0.05, 0.1) is 48.1 Å². The molecule has 4 aromatic rings. The first-order valence-corrected chi connectivity index (χ1v) is 25.2. The molecule has 0 unspecified atom stereocenters. The van der Waals surface area contributed by atoms with Gasteiger partial charge in [-0.1, -0.05) is 43.7 Å². The number of hydrogen-bond donors (Lipinski definition) is 4. The number of nitrogens with one attached hydrogen (secondary N) is 3. The van der Waals surface area contributed by atoms with Crippen LogP contribution in [0.2, 0.25) is 0 Å². The Kier molecular flexibility index (Phi) is 16.2. The summed E-state index contributed by atoms with van der Waals surface area (Å²) in [5.41, 5.74) is 2.22. The Bertz CT molecular complexity index is 3060. The molecule has 4 aliphatic rings. The van der Waals surface area contributed by atoms with Crippen molar-refractivity contribution in [3.8, 4) is 11.4 Å². The lowest BCUT2D eigenvalue weighted by Crippen LogP contribution is -2.44. The molecule has 0 saturated heterocycles. The zero-order chi connectivity index (χ0) is 52.8. The highest BCUT2D eigenvalue weighted by atomic mass is 19.1. The molecule has 5 amide bonds. The molecule has 0 fully saturated rings. The molecule has 388 valence electrons. The second kappa shape index (κ2) is 22.7. The Morgan fingerprint density at radius 3 is 2.31 bits per heavy atom. The van der Waals surface area contributed by atoms with Gasteiger partial charge in [0.1, 0.15) is 18.2 Å². The van der Waals surface area contributed by atoms with Crippen LogP contribution in [0.25, 0.3) is 22.3 Å². The van der Waals surface area contributed by atoms with Crippen LogP contribution in [0.3, 0.4) is 0 Å². The number of aryl methyl sites for hydroxylation is 1. The Morgan fingerprint density at radius 1 is 0.838 bits per heavy atom. The molecule has 2 aromatic heterocycles. The summed E-state index contributed by atoms with van der Waals surface area (Å²) in [5.74, 6) is -5.13. The van der Waals surface area contributed by atoms with Crippen LogP contribution >= 0.6 is 0 Å². The second-order valence-corrected chi connectivity index (χ2v) is 19.5. The van der Waals surface area contributed by atoms with Crippen LogP contribution in [0.1, 0.15) is 129 Å². The zero-order valence-corrected chi connectivity index (χ0v) is 41.4. The molecule has 0 radical (unpaired) electrons. The summed E-state index contributed by atoms with van der Waals surface area (Å²) in [7, 11) is 0. The van der Waals surface area contributed by atoms with Crippen LogP contribution in [0.5, 0.6) is 0 Å². The topological polar surface area (TPSA) is 257 Å². The third-order valence-electron chi connectivity index (χ3n) is 14.6. The van der Waals surface area contributed by atoms with Gasteiger partial charge < -0.3 is 30.4 Å². The van der Waals surface area contributed by atoms with Crippen molar-refractivity contribution in [2.75, 3.05) is 19.6 Å². The van der Waals surface area contributed by atoms with Gasteiger partial charge in [-0.3, -0.25) is 48.1 Å². The number of esters is 1. The van der Waals surface area contributed by atoms with Gasteiger partial charge in [-0.15, -0.1) is 0 Å². The Hall–Kier alpha value is -7.54. The van der Waals surface area contributed by atoms with E-state index in [1.165, 1.54) is 22.8 Å². The average Bonchev–Trinajstić information content (AvgIpc) is 3.95. The van der Waals surface area contributed by atoms with E-state index in [1.807, 2.05) is 18.2 Å². The highest BCUT2D eigenvalue weighted by Gasteiger charge is 2.46. The van der Waals surface area contributed by atoms with E-state index in [9.17, 15) is 53.1 Å². The van der Waals surface area contributed by atoms with Gasteiger partial charge in [0, 0.05) is 85.7 Å². The van der Waals surface area contributed by atoms with E-state index >= 15 is 4.39 Å². The Balaban J connectivity index is 0.824.